The molecule has 0 spiro atoms. The maximum absolute atomic E-state index is 14.4. The summed E-state index contributed by atoms with van der Waals surface area (Å²) in [4.78, 5) is 20.4. The van der Waals surface area contributed by atoms with E-state index in [1.807, 2.05) is 11.0 Å². The molecule has 1 fully saturated rings. The maximum atomic E-state index is 14.4. The average molecular weight is 408 g/mol. The molecule has 30 heavy (non-hydrogen) atoms. The fourth-order valence-electron chi connectivity index (χ4n) is 4.47. The van der Waals surface area contributed by atoms with Gasteiger partial charge in [-0.05, 0) is 68.0 Å². The van der Waals surface area contributed by atoms with E-state index in [0.29, 0.717) is 12.0 Å². The van der Waals surface area contributed by atoms with Crippen molar-refractivity contribution in [3.8, 4) is 0 Å². The highest BCUT2D eigenvalue weighted by Gasteiger charge is 2.30. The number of nitrogens with zero attached hydrogens (tertiary/aromatic N) is 3. The molecule has 1 aromatic heterocycles. The predicted octanol–water partition coefficient (Wildman–Crippen LogP) is 5.35. The Morgan fingerprint density at radius 3 is 2.53 bits per heavy atom. The van der Waals surface area contributed by atoms with E-state index in [0.717, 1.165) is 55.6 Å². The smallest absolute Gasteiger partial charge is 0.245 e. The van der Waals surface area contributed by atoms with Crippen LogP contribution in [-0.4, -0.2) is 33.4 Å². The van der Waals surface area contributed by atoms with Crippen LogP contribution < -0.4 is 0 Å². The van der Waals surface area contributed by atoms with Crippen LogP contribution in [-0.2, 0) is 11.2 Å². The molecule has 1 aliphatic rings. The van der Waals surface area contributed by atoms with Crippen molar-refractivity contribution in [3.05, 3.63) is 64.7 Å². The normalized spacial score (nSPS) is 15.1. The van der Waals surface area contributed by atoms with Gasteiger partial charge in [0.15, 0.2) is 0 Å². The van der Waals surface area contributed by atoms with Crippen LogP contribution in [0.3, 0.4) is 0 Å². The van der Waals surface area contributed by atoms with Crippen molar-refractivity contribution in [1.29, 1.82) is 0 Å². The number of benzene rings is 2. The number of fused-ring (bicyclic) bond motifs is 1. The highest BCUT2D eigenvalue weighted by Crippen LogP contribution is 2.30. The molecule has 0 radical (unpaired) electrons. The summed E-state index contributed by atoms with van der Waals surface area (Å²) in [5.74, 6) is 0.689. The Kier molecular flexibility index (Phi) is 5.89. The highest BCUT2D eigenvalue weighted by molar-refractivity contribution is 5.85. The van der Waals surface area contributed by atoms with Gasteiger partial charge in [0, 0.05) is 19.5 Å². The van der Waals surface area contributed by atoms with Gasteiger partial charge >= 0.3 is 0 Å². The first-order chi connectivity index (χ1) is 14.5. The largest absolute Gasteiger partial charge is 0.341 e. The second-order valence-electron chi connectivity index (χ2n) is 8.43. The first kappa shape index (κ1) is 20.6. The van der Waals surface area contributed by atoms with Crippen molar-refractivity contribution in [2.75, 3.05) is 13.1 Å². The number of aryl methyl sites for hydroxylation is 2. The number of halogens is 1. The lowest BCUT2D eigenvalue weighted by atomic mass is 10.1. The molecule has 1 unspecified atom stereocenters. The van der Waals surface area contributed by atoms with Gasteiger partial charge in [-0.1, -0.05) is 31.5 Å². The average Bonchev–Trinajstić information content (AvgIpc) is 3.37. The summed E-state index contributed by atoms with van der Waals surface area (Å²) < 4.78 is 16.5. The number of likely N-dealkylation sites (tertiary alicyclic amines) is 1. The standard InChI is InChI=1S/C25H30FN3O/c1-4-9-22(25(30)28-12-7-8-13-28)29-23-15-18(3)17(2)14-21(23)27-24(29)16-19-10-5-6-11-20(19)26/h5-6,10-11,14-15,22H,4,7-9,12-13,16H2,1-3H3. The summed E-state index contributed by atoms with van der Waals surface area (Å²) in [5, 5.41) is 0. The summed E-state index contributed by atoms with van der Waals surface area (Å²) >= 11 is 0. The number of aromatic nitrogens is 2. The number of hydrogen-bond acceptors (Lipinski definition) is 2. The molecule has 2 aromatic carbocycles. The predicted molar refractivity (Wildman–Crippen MR) is 118 cm³/mol. The van der Waals surface area contributed by atoms with Gasteiger partial charge in [-0.2, -0.15) is 0 Å². The van der Waals surface area contributed by atoms with E-state index in [9.17, 15) is 9.18 Å². The Hall–Kier alpha value is -2.69. The lowest BCUT2D eigenvalue weighted by Gasteiger charge is -2.26. The fourth-order valence-corrected chi connectivity index (χ4v) is 4.47. The van der Waals surface area contributed by atoms with Crippen molar-refractivity contribution >= 4 is 16.9 Å². The minimum absolute atomic E-state index is 0.168. The summed E-state index contributed by atoms with van der Waals surface area (Å²) in [6.45, 7) is 7.91. The minimum atomic E-state index is -0.304. The molecule has 4 nitrogen and oxygen atoms in total. The van der Waals surface area contributed by atoms with Gasteiger partial charge in [0.2, 0.25) is 5.91 Å². The zero-order valence-electron chi connectivity index (χ0n) is 18.1. The molecule has 1 saturated heterocycles. The monoisotopic (exact) mass is 407 g/mol. The quantitative estimate of drug-likeness (QED) is 0.553. The molecule has 0 aliphatic carbocycles. The van der Waals surface area contributed by atoms with Crippen LogP contribution >= 0.6 is 0 Å². The van der Waals surface area contributed by atoms with E-state index in [4.69, 9.17) is 4.98 Å². The third-order valence-electron chi connectivity index (χ3n) is 6.26. The van der Waals surface area contributed by atoms with Crippen LogP contribution in [0, 0.1) is 19.7 Å². The molecule has 0 N–H and O–H groups in total. The molecule has 158 valence electrons. The molecule has 1 amide bonds. The summed E-state index contributed by atoms with van der Waals surface area (Å²) in [5.41, 5.74) is 4.79. The van der Waals surface area contributed by atoms with E-state index in [2.05, 4.69) is 37.5 Å². The van der Waals surface area contributed by atoms with Gasteiger partial charge in [0.25, 0.3) is 0 Å². The van der Waals surface area contributed by atoms with Crippen LogP contribution in [0.15, 0.2) is 36.4 Å². The second-order valence-corrected chi connectivity index (χ2v) is 8.43. The number of carbonyl (C=O) groups is 1. The van der Waals surface area contributed by atoms with E-state index in [-0.39, 0.29) is 17.8 Å². The maximum Gasteiger partial charge on any atom is 0.245 e. The number of imidazole rings is 1. The Labute approximate surface area is 177 Å². The van der Waals surface area contributed by atoms with Crippen LogP contribution in [0.2, 0.25) is 0 Å². The molecule has 0 saturated carbocycles. The third-order valence-corrected chi connectivity index (χ3v) is 6.26. The zero-order chi connectivity index (χ0) is 21.3. The fraction of sp³-hybridized carbons (Fsp3) is 0.440. The second kappa shape index (κ2) is 8.58. The van der Waals surface area contributed by atoms with Gasteiger partial charge in [0.05, 0.1) is 11.0 Å². The molecule has 3 aromatic rings. The van der Waals surface area contributed by atoms with E-state index >= 15 is 0 Å². The Bertz CT molecular complexity index is 1070. The molecule has 2 heterocycles. The topological polar surface area (TPSA) is 38.1 Å². The number of carbonyl (C=O) groups excluding carboxylic acids is 1. The highest BCUT2D eigenvalue weighted by atomic mass is 19.1. The minimum Gasteiger partial charge on any atom is -0.341 e. The SMILES string of the molecule is CCCC(C(=O)N1CCCC1)n1c(Cc2ccccc2F)nc2cc(C)c(C)cc21. The van der Waals surface area contributed by atoms with E-state index < -0.39 is 0 Å². The van der Waals surface area contributed by atoms with Crippen LogP contribution in [0.5, 0.6) is 0 Å². The van der Waals surface area contributed by atoms with Crippen molar-refractivity contribution in [3.63, 3.8) is 0 Å². The Morgan fingerprint density at radius 2 is 1.83 bits per heavy atom. The van der Waals surface area contributed by atoms with Crippen LogP contribution in [0.1, 0.15) is 61.2 Å². The summed E-state index contributed by atoms with van der Waals surface area (Å²) in [6, 6.07) is 10.7. The van der Waals surface area contributed by atoms with Gasteiger partial charge in [0.1, 0.15) is 17.7 Å². The van der Waals surface area contributed by atoms with Gasteiger partial charge in [-0.25, -0.2) is 9.37 Å². The summed E-state index contributed by atoms with van der Waals surface area (Å²) in [7, 11) is 0. The van der Waals surface area contributed by atoms with Crippen molar-refractivity contribution in [1.82, 2.24) is 14.5 Å². The lowest BCUT2D eigenvalue weighted by molar-refractivity contribution is -0.133. The molecule has 1 atom stereocenters. The first-order valence-electron chi connectivity index (χ1n) is 11.0. The van der Waals surface area contributed by atoms with Gasteiger partial charge in [-0.15, -0.1) is 0 Å². The number of amides is 1. The summed E-state index contributed by atoms with van der Waals surface area (Å²) in [6.07, 6.45) is 4.14. The van der Waals surface area contributed by atoms with Crippen molar-refractivity contribution in [2.24, 2.45) is 0 Å². The molecule has 1 aliphatic heterocycles. The van der Waals surface area contributed by atoms with Crippen LogP contribution in [0.25, 0.3) is 11.0 Å². The zero-order valence-corrected chi connectivity index (χ0v) is 18.1. The van der Waals surface area contributed by atoms with Crippen molar-refractivity contribution < 1.29 is 9.18 Å². The molecule has 4 rings (SSSR count). The third kappa shape index (κ3) is 3.85. The van der Waals surface area contributed by atoms with Crippen LogP contribution in [0.4, 0.5) is 4.39 Å². The molecular weight excluding hydrogens is 377 g/mol. The number of hydrogen-bond donors (Lipinski definition) is 0. The van der Waals surface area contributed by atoms with E-state index in [1.54, 1.807) is 12.1 Å². The van der Waals surface area contributed by atoms with E-state index in [1.165, 1.54) is 17.2 Å². The van der Waals surface area contributed by atoms with Gasteiger partial charge < -0.3 is 9.47 Å². The van der Waals surface area contributed by atoms with Gasteiger partial charge in [-0.3, -0.25) is 4.79 Å². The Morgan fingerprint density at radius 1 is 1.13 bits per heavy atom. The molecule has 5 heteroatoms. The Balaban J connectivity index is 1.86. The molecule has 0 bridgehead atoms. The van der Waals surface area contributed by atoms with Crippen molar-refractivity contribution in [2.45, 2.75) is 58.9 Å². The molecular formula is C25H30FN3O. The first-order valence-corrected chi connectivity index (χ1v) is 11.0. The number of rotatable bonds is 6. The lowest BCUT2D eigenvalue weighted by Crippen LogP contribution is -2.36.